The molecule has 0 bridgehead atoms. The van der Waals surface area contributed by atoms with Gasteiger partial charge in [0.1, 0.15) is 0 Å². The molecular formula is C57H114N2O6. The van der Waals surface area contributed by atoms with Crippen molar-refractivity contribution < 1.29 is 19.4 Å². The summed E-state index contributed by atoms with van der Waals surface area (Å²) in [5.74, 6) is 1.73. The van der Waals surface area contributed by atoms with Crippen molar-refractivity contribution in [1.29, 1.82) is 0 Å². The molecule has 65 heavy (non-hydrogen) atoms. The van der Waals surface area contributed by atoms with Gasteiger partial charge >= 0.3 is 0 Å². The molecule has 0 heterocycles. The number of carboxylic acid groups (broad SMARTS) is 1. The number of nitrogens with one attached hydrogen (secondary N) is 1. The number of ether oxygens (including phenoxy) is 1. The molecule has 8 heteroatoms. The summed E-state index contributed by atoms with van der Waals surface area (Å²) in [6, 6.07) is 0. The van der Waals surface area contributed by atoms with Crippen LogP contribution in [0.2, 0.25) is 0 Å². The lowest BCUT2D eigenvalue weighted by Crippen LogP contribution is -2.37. The highest BCUT2D eigenvalue weighted by atomic mass is 16.5. The molecule has 0 saturated carbocycles. The van der Waals surface area contributed by atoms with Gasteiger partial charge in [0, 0.05) is 12.1 Å². The van der Waals surface area contributed by atoms with Crippen LogP contribution < -0.4 is 16.2 Å². The topological polar surface area (TPSA) is 113 Å². The minimum Gasteiger partial charge on any atom is -0.483 e. The van der Waals surface area contributed by atoms with Gasteiger partial charge in [0.05, 0.1) is 12.3 Å². The van der Waals surface area contributed by atoms with Gasteiger partial charge in [0.2, 0.25) is 10.9 Å². The minimum absolute atomic E-state index is 0.250. The van der Waals surface area contributed by atoms with Crippen molar-refractivity contribution in [3.63, 3.8) is 0 Å². The number of unbranched alkanes of at least 4 members (excludes halogenated alkanes) is 21. The Bertz CT molecular complexity index is 1100. The highest BCUT2D eigenvalue weighted by Gasteiger charge is 2.16. The third kappa shape index (κ3) is 48.1. The molecule has 1 rings (SSSR count). The molecule has 0 aromatic heterocycles. The first-order valence-corrected chi connectivity index (χ1v) is 28.2. The summed E-state index contributed by atoms with van der Waals surface area (Å²) in [5, 5.41) is 10.1. The molecule has 0 radical (unpaired) electrons. The van der Waals surface area contributed by atoms with Gasteiger partial charge in [-0.15, -0.1) is 0 Å². The Morgan fingerprint density at radius 1 is 0.477 bits per heavy atom. The van der Waals surface area contributed by atoms with Crippen molar-refractivity contribution in [3.8, 4) is 0 Å². The van der Waals surface area contributed by atoms with Gasteiger partial charge < -0.3 is 20.1 Å². The van der Waals surface area contributed by atoms with Crippen molar-refractivity contribution in [2.24, 2.45) is 11.8 Å². The Morgan fingerprint density at radius 3 is 1.17 bits per heavy atom. The highest BCUT2D eigenvalue weighted by Crippen LogP contribution is 2.25. The van der Waals surface area contributed by atoms with E-state index in [0.717, 1.165) is 37.8 Å². The van der Waals surface area contributed by atoms with E-state index in [4.69, 9.17) is 14.6 Å². The van der Waals surface area contributed by atoms with E-state index in [1.165, 1.54) is 219 Å². The van der Waals surface area contributed by atoms with E-state index in [9.17, 15) is 14.4 Å². The van der Waals surface area contributed by atoms with Crippen LogP contribution in [0.15, 0.2) is 9.59 Å². The first-order chi connectivity index (χ1) is 31.8. The summed E-state index contributed by atoms with van der Waals surface area (Å²) in [6.45, 7) is 26.3. The SMILES string of the molecule is CC.CC.CCCCC(CCCC)CCOC=O.CCCCCCCCC(CCCCCCCC)CCCCCCCN(CCCCCCCC)CCCNc1c(C)c(=O)c1=O.O=CO. The van der Waals surface area contributed by atoms with E-state index in [-0.39, 0.29) is 17.3 Å². The van der Waals surface area contributed by atoms with Gasteiger partial charge in [-0.25, -0.2) is 0 Å². The van der Waals surface area contributed by atoms with Crippen LogP contribution in [-0.2, 0) is 14.3 Å². The average Bonchev–Trinajstić information content (AvgIpc) is 3.33. The lowest BCUT2D eigenvalue weighted by atomic mass is 9.89. The maximum Gasteiger partial charge on any atom is 0.293 e. The summed E-state index contributed by atoms with van der Waals surface area (Å²) < 4.78 is 4.74. The molecule has 8 nitrogen and oxygen atoms in total. The predicted octanol–water partition coefficient (Wildman–Crippen LogP) is 16.8. The molecule has 1 aromatic carbocycles. The van der Waals surface area contributed by atoms with Gasteiger partial charge in [-0.2, -0.15) is 0 Å². The second-order valence-corrected chi connectivity index (χ2v) is 18.1. The van der Waals surface area contributed by atoms with E-state index < -0.39 is 0 Å². The van der Waals surface area contributed by atoms with Crippen LogP contribution in [0.4, 0.5) is 5.69 Å². The zero-order valence-corrected chi connectivity index (χ0v) is 45.3. The van der Waals surface area contributed by atoms with Gasteiger partial charge in [-0.05, 0) is 64.1 Å². The molecule has 1 aromatic rings. The second-order valence-electron chi connectivity index (χ2n) is 18.1. The van der Waals surface area contributed by atoms with Crippen LogP contribution in [-0.4, -0.2) is 55.7 Å². The second kappa shape index (κ2) is 59.8. The fourth-order valence-corrected chi connectivity index (χ4v) is 8.55. The summed E-state index contributed by atoms with van der Waals surface area (Å²) in [6.07, 6.45) is 46.2. The van der Waals surface area contributed by atoms with Gasteiger partial charge in [0.15, 0.2) is 0 Å². The summed E-state index contributed by atoms with van der Waals surface area (Å²) in [4.78, 5) is 44.2. The first kappa shape index (κ1) is 69.4. The molecule has 2 N–H and O–H groups in total. The Kier molecular flexibility index (Phi) is 63.8. The molecule has 388 valence electrons. The lowest BCUT2D eigenvalue weighted by Gasteiger charge is -2.23. The summed E-state index contributed by atoms with van der Waals surface area (Å²) in [7, 11) is 0. The van der Waals surface area contributed by atoms with Crippen molar-refractivity contribution in [2.75, 3.05) is 38.1 Å². The first-order valence-electron chi connectivity index (χ1n) is 28.2. The lowest BCUT2D eigenvalue weighted by molar-refractivity contribution is -0.129. The number of hydrogen-bond acceptors (Lipinski definition) is 7. The zero-order valence-electron chi connectivity index (χ0n) is 45.3. The van der Waals surface area contributed by atoms with E-state index in [1.807, 2.05) is 27.7 Å². The Labute approximate surface area is 405 Å². The Balaban J connectivity index is -0.000000736. The molecule has 0 spiro atoms. The summed E-state index contributed by atoms with van der Waals surface area (Å²) >= 11 is 0. The largest absolute Gasteiger partial charge is 0.483 e. The molecule has 0 unspecified atom stereocenters. The quantitative estimate of drug-likeness (QED) is 0.0378. The maximum atomic E-state index is 11.7. The molecule has 0 aliphatic heterocycles. The number of hydrogen-bond donors (Lipinski definition) is 2. The molecule has 0 amide bonds. The molecule has 0 aliphatic carbocycles. The smallest absolute Gasteiger partial charge is 0.293 e. The Hall–Kier alpha value is -2.22. The zero-order chi connectivity index (χ0) is 49.4. The molecule has 0 atom stereocenters. The van der Waals surface area contributed by atoms with E-state index >= 15 is 0 Å². The normalized spacial score (nSPS) is 10.7. The van der Waals surface area contributed by atoms with Gasteiger partial charge in [0.25, 0.3) is 12.9 Å². The van der Waals surface area contributed by atoms with Crippen LogP contribution in [0.1, 0.15) is 286 Å². The van der Waals surface area contributed by atoms with E-state index in [0.29, 0.717) is 24.3 Å². The maximum absolute atomic E-state index is 11.7. The monoisotopic (exact) mass is 923 g/mol. The average molecular weight is 924 g/mol. The van der Waals surface area contributed by atoms with Crippen LogP contribution in [0, 0.1) is 18.8 Å². The van der Waals surface area contributed by atoms with Crippen LogP contribution in [0.25, 0.3) is 0 Å². The number of carbonyl (C=O) groups is 2. The van der Waals surface area contributed by atoms with Crippen LogP contribution in [0.3, 0.4) is 0 Å². The van der Waals surface area contributed by atoms with E-state index in [1.54, 1.807) is 6.92 Å². The summed E-state index contributed by atoms with van der Waals surface area (Å²) in [5.41, 5.74) is 0.514. The van der Waals surface area contributed by atoms with E-state index in [2.05, 4.69) is 44.8 Å². The highest BCUT2D eigenvalue weighted by molar-refractivity contribution is 5.55. The molecular weight excluding hydrogens is 809 g/mol. The minimum atomic E-state index is -0.331. The number of anilines is 1. The number of nitrogens with zero attached hydrogens (tertiary/aromatic N) is 1. The third-order valence-corrected chi connectivity index (χ3v) is 12.6. The number of rotatable bonds is 44. The van der Waals surface area contributed by atoms with Crippen molar-refractivity contribution >= 4 is 18.6 Å². The van der Waals surface area contributed by atoms with Crippen molar-refractivity contribution in [2.45, 2.75) is 288 Å². The fourth-order valence-electron chi connectivity index (χ4n) is 8.55. The van der Waals surface area contributed by atoms with Crippen molar-refractivity contribution in [3.05, 3.63) is 26.0 Å². The fraction of sp³-hybridized carbons (Fsp3) is 0.895. The predicted molar refractivity (Wildman–Crippen MR) is 287 cm³/mol. The standard InChI is InChI=1S/C40H76N2O2.C12H24O2.2C2H6.CH2O2/c1-5-8-11-14-18-23-29-37(30-24-19-15-12-9-6-2)31-25-20-17-22-27-34-42(33-26-21-16-13-10-7-3)35-28-32-41-38-36(4)39(43)40(38)44;1-3-5-7-12(8-6-4-2)9-10-14-11-13;2*1-2;2-1-3/h37,41H,5-35H2,1-4H3;11-12H,3-10H2,1-2H3;2*1-2H3;1H,(H,2,3). The van der Waals surface area contributed by atoms with Crippen molar-refractivity contribution in [1.82, 2.24) is 4.90 Å². The Morgan fingerprint density at radius 2 is 0.800 bits per heavy atom. The van der Waals surface area contributed by atoms with Crippen LogP contribution >= 0.6 is 0 Å². The van der Waals surface area contributed by atoms with Gasteiger partial charge in [-0.1, -0.05) is 255 Å². The molecule has 0 saturated heterocycles. The molecule has 0 aliphatic rings. The third-order valence-electron chi connectivity index (χ3n) is 12.6. The number of carbonyl (C=O) groups excluding carboxylic acids is 1. The van der Waals surface area contributed by atoms with Crippen LogP contribution in [0.5, 0.6) is 0 Å². The molecule has 0 fully saturated rings. The van der Waals surface area contributed by atoms with Gasteiger partial charge in [-0.3, -0.25) is 19.2 Å².